The van der Waals surface area contributed by atoms with E-state index in [-0.39, 0.29) is 11.6 Å². The van der Waals surface area contributed by atoms with Gasteiger partial charge in [0.15, 0.2) is 5.78 Å². The van der Waals surface area contributed by atoms with E-state index in [4.69, 9.17) is 0 Å². The second-order valence-electron chi connectivity index (χ2n) is 5.33. The molecule has 0 heterocycles. The van der Waals surface area contributed by atoms with Gasteiger partial charge in [-0.15, -0.1) is 0 Å². The fourth-order valence-corrected chi connectivity index (χ4v) is 1.90. The van der Waals surface area contributed by atoms with Gasteiger partial charge in [-0.1, -0.05) is 26.3 Å². The second kappa shape index (κ2) is 7.47. The van der Waals surface area contributed by atoms with Crippen LogP contribution >= 0.6 is 0 Å². The molecule has 2 unspecified atom stereocenters. The van der Waals surface area contributed by atoms with Crippen molar-refractivity contribution in [2.45, 2.75) is 58.9 Å². The minimum absolute atomic E-state index is 0.0686. The number of carbonyl (C=O) groups excluding carboxylic acids is 2. The van der Waals surface area contributed by atoms with Gasteiger partial charge in [-0.05, 0) is 25.7 Å². The third kappa shape index (κ3) is 5.58. The summed E-state index contributed by atoms with van der Waals surface area (Å²) in [5, 5.41) is 3.35. The number of nitrogens with one attached hydrogen (secondary N) is 1. The van der Waals surface area contributed by atoms with Crippen LogP contribution in [0.4, 0.5) is 0 Å². The lowest BCUT2D eigenvalue weighted by Crippen LogP contribution is -2.23. The first-order chi connectivity index (χ1) is 8.54. The summed E-state index contributed by atoms with van der Waals surface area (Å²) >= 11 is 0. The summed E-state index contributed by atoms with van der Waals surface area (Å²) in [6.07, 6.45) is 6.01. The predicted molar refractivity (Wildman–Crippen MR) is 73.5 cm³/mol. The molecule has 1 aliphatic rings. The van der Waals surface area contributed by atoms with Crippen molar-refractivity contribution in [3.8, 4) is 0 Å². The largest absolute Gasteiger partial charge is 0.310 e. The zero-order valence-corrected chi connectivity index (χ0v) is 11.8. The molecule has 1 saturated carbocycles. The van der Waals surface area contributed by atoms with Crippen molar-refractivity contribution in [3.63, 3.8) is 0 Å². The summed E-state index contributed by atoms with van der Waals surface area (Å²) in [5.74, 6) is 1.03. The number of hydrogen-bond donors (Lipinski definition) is 1. The zero-order valence-electron chi connectivity index (χ0n) is 11.8. The van der Waals surface area contributed by atoms with Crippen LogP contribution in [0, 0.1) is 5.92 Å². The highest BCUT2D eigenvalue weighted by Gasteiger charge is 2.31. The Kier molecular flexibility index (Phi) is 6.27. The molecule has 0 saturated heterocycles. The van der Waals surface area contributed by atoms with E-state index in [1.54, 1.807) is 13.0 Å². The normalized spacial score (nSPS) is 22.9. The molecule has 0 spiro atoms. The number of ketones is 2. The van der Waals surface area contributed by atoms with Gasteiger partial charge in [0.1, 0.15) is 5.78 Å². The average molecular weight is 251 g/mol. The molecule has 0 bridgehead atoms. The summed E-state index contributed by atoms with van der Waals surface area (Å²) in [6, 6.07) is 0.559. The van der Waals surface area contributed by atoms with Crippen molar-refractivity contribution in [1.29, 1.82) is 0 Å². The monoisotopic (exact) mass is 251 g/mol. The summed E-state index contributed by atoms with van der Waals surface area (Å²) < 4.78 is 0. The van der Waals surface area contributed by atoms with Gasteiger partial charge in [-0.2, -0.15) is 0 Å². The lowest BCUT2D eigenvalue weighted by molar-refractivity contribution is -0.118. The molecule has 0 aromatic rings. The molecular weight excluding hydrogens is 226 g/mol. The molecular formula is C15H25NO2. The fraction of sp³-hybridized carbons (Fsp3) is 0.733. The molecule has 102 valence electrons. The van der Waals surface area contributed by atoms with Crippen LogP contribution in [0.2, 0.25) is 0 Å². The minimum atomic E-state index is 0.0686. The molecule has 0 aromatic heterocycles. The molecule has 3 heteroatoms. The number of rotatable bonds is 9. The van der Waals surface area contributed by atoms with Crippen molar-refractivity contribution in [3.05, 3.63) is 11.6 Å². The van der Waals surface area contributed by atoms with Crippen LogP contribution in [-0.2, 0) is 9.59 Å². The smallest absolute Gasteiger partial charge is 0.156 e. The van der Waals surface area contributed by atoms with Gasteiger partial charge in [0.25, 0.3) is 0 Å². The Labute approximate surface area is 110 Å². The summed E-state index contributed by atoms with van der Waals surface area (Å²) in [4.78, 5) is 23.0. The van der Waals surface area contributed by atoms with Crippen LogP contribution in [0.5, 0.6) is 0 Å². The summed E-state index contributed by atoms with van der Waals surface area (Å²) in [6.45, 7) is 6.44. The summed E-state index contributed by atoms with van der Waals surface area (Å²) in [7, 11) is 0. The average Bonchev–Trinajstić information content (AvgIpc) is 3.02. The first-order valence-electron chi connectivity index (χ1n) is 6.99. The summed E-state index contributed by atoms with van der Waals surface area (Å²) in [5.41, 5.74) is 0.749. The molecule has 1 rings (SSSR count). The lowest BCUT2D eigenvalue weighted by Gasteiger charge is -2.05. The molecule has 0 amide bonds. The van der Waals surface area contributed by atoms with E-state index >= 15 is 0 Å². The number of Topliss-reactive ketones (excluding diaryl/α,β-unsaturated/α-hetero) is 2. The van der Waals surface area contributed by atoms with Crippen LogP contribution in [0.1, 0.15) is 52.9 Å². The van der Waals surface area contributed by atoms with Crippen LogP contribution < -0.4 is 5.32 Å². The highest BCUT2D eigenvalue weighted by Crippen LogP contribution is 2.28. The zero-order chi connectivity index (χ0) is 13.5. The quantitative estimate of drug-likeness (QED) is 0.641. The molecule has 18 heavy (non-hydrogen) atoms. The van der Waals surface area contributed by atoms with E-state index in [2.05, 4.69) is 19.2 Å². The highest BCUT2D eigenvalue weighted by atomic mass is 16.1. The van der Waals surface area contributed by atoms with Gasteiger partial charge >= 0.3 is 0 Å². The highest BCUT2D eigenvalue weighted by molar-refractivity contribution is 5.94. The maximum atomic E-state index is 11.6. The van der Waals surface area contributed by atoms with Gasteiger partial charge in [-0.25, -0.2) is 0 Å². The van der Waals surface area contributed by atoms with Crippen LogP contribution in [-0.4, -0.2) is 24.2 Å². The Balaban J connectivity index is 2.35. The maximum Gasteiger partial charge on any atom is 0.156 e. The molecule has 2 atom stereocenters. The number of hydrogen-bond acceptors (Lipinski definition) is 3. The van der Waals surface area contributed by atoms with Crippen molar-refractivity contribution in [2.24, 2.45) is 5.92 Å². The van der Waals surface area contributed by atoms with E-state index in [1.807, 2.05) is 0 Å². The van der Waals surface area contributed by atoms with Crippen molar-refractivity contribution >= 4 is 11.6 Å². The second-order valence-corrected chi connectivity index (χ2v) is 5.33. The number of unbranched alkanes of at least 4 members (excludes halogenated alkanes) is 1. The molecule has 0 radical (unpaired) electrons. The standard InChI is InChI=1S/C15H25NO2/c1-4-5-6-14(18)8-7-13(12(3)17)10-16-15-9-11(15)2/h7,11,15-16H,4-6,8-10H2,1-3H3/b13-7+. The predicted octanol–water partition coefficient (Wildman–Crippen LogP) is 2.65. The Morgan fingerprint density at radius 1 is 1.39 bits per heavy atom. The Hall–Kier alpha value is -0.960. The molecule has 1 aliphatic carbocycles. The van der Waals surface area contributed by atoms with Gasteiger partial charge < -0.3 is 5.32 Å². The number of allylic oxidation sites excluding steroid dienone is 1. The molecule has 1 fully saturated rings. The Morgan fingerprint density at radius 2 is 2.06 bits per heavy atom. The van der Waals surface area contributed by atoms with Gasteiger partial charge in [0, 0.05) is 31.0 Å². The van der Waals surface area contributed by atoms with Crippen LogP contribution in [0.3, 0.4) is 0 Å². The van der Waals surface area contributed by atoms with Crippen LogP contribution in [0.25, 0.3) is 0 Å². The SMILES string of the molecule is CCCCC(=O)C/C=C(\CNC1CC1C)C(C)=O. The molecule has 3 nitrogen and oxygen atoms in total. The van der Waals surface area contributed by atoms with Gasteiger partial charge in [0.05, 0.1) is 0 Å². The first kappa shape index (κ1) is 15.1. The maximum absolute atomic E-state index is 11.6. The van der Waals surface area contributed by atoms with Gasteiger partial charge in [-0.3, -0.25) is 9.59 Å². The van der Waals surface area contributed by atoms with E-state index in [1.165, 1.54) is 6.42 Å². The fourth-order valence-electron chi connectivity index (χ4n) is 1.90. The van der Waals surface area contributed by atoms with Gasteiger partial charge in [0.2, 0.25) is 0 Å². The van der Waals surface area contributed by atoms with Crippen LogP contribution in [0.15, 0.2) is 11.6 Å². The molecule has 0 aliphatic heterocycles. The van der Waals surface area contributed by atoms with E-state index in [0.29, 0.717) is 25.4 Å². The van der Waals surface area contributed by atoms with Crippen molar-refractivity contribution in [1.82, 2.24) is 5.32 Å². The Morgan fingerprint density at radius 3 is 2.56 bits per heavy atom. The third-order valence-corrected chi connectivity index (χ3v) is 3.50. The van der Waals surface area contributed by atoms with Crippen molar-refractivity contribution in [2.75, 3.05) is 6.54 Å². The lowest BCUT2D eigenvalue weighted by atomic mass is 10.1. The molecule has 1 N–H and O–H groups in total. The molecule has 0 aromatic carbocycles. The van der Waals surface area contributed by atoms with E-state index in [0.717, 1.165) is 24.3 Å². The first-order valence-corrected chi connectivity index (χ1v) is 6.99. The topological polar surface area (TPSA) is 46.2 Å². The van der Waals surface area contributed by atoms with Crippen molar-refractivity contribution < 1.29 is 9.59 Å². The van der Waals surface area contributed by atoms with E-state index < -0.39 is 0 Å². The van der Waals surface area contributed by atoms with E-state index in [9.17, 15) is 9.59 Å². The minimum Gasteiger partial charge on any atom is -0.310 e. The number of carbonyl (C=O) groups is 2. The Bertz CT molecular complexity index is 333. The third-order valence-electron chi connectivity index (χ3n) is 3.50.